The van der Waals surface area contributed by atoms with Crippen LogP contribution in [0.25, 0.3) is 22.5 Å². The number of amides is 1. The molecule has 28 heavy (non-hydrogen) atoms. The molecule has 4 aromatic rings. The third kappa shape index (κ3) is 3.32. The van der Waals surface area contributed by atoms with Crippen molar-refractivity contribution < 1.29 is 9.32 Å². The normalized spacial score (nSPS) is 11.9. The highest BCUT2D eigenvalue weighted by Crippen LogP contribution is 2.28. The van der Waals surface area contributed by atoms with Crippen molar-refractivity contribution in [2.45, 2.75) is 13.0 Å². The van der Waals surface area contributed by atoms with Gasteiger partial charge in [-0.2, -0.15) is 10.1 Å². The first-order valence-corrected chi connectivity index (χ1v) is 8.57. The van der Waals surface area contributed by atoms with E-state index >= 15 is 0 Å². The summed E-state index contributed by atoms with van der Waals surface area (Å²) < 4.78 is 5.28. The molecular formula is C19H17N7O2. The molecule has 0 bridgehead atoms. The molecular weight excluding hydrogens is 358 g/mol. The van der Waals surface area contributed by atoms with Gasteiger partial charge in [-0.1, -0.05) is 35.5 Å². The maximum atomic E-state index is 12.8. The molecule has 1 unspecified atom stereocenters. The van der Waals surface area contributed by atoms with Crippen LogP contribution < -0.4 is 11.1 Å². The van der Waals surface area contributed by atoms with E-state index in [1.165, 1.54) is 0 Å². The average Bonchev–Trinajstić information content (AvgIpc) is 3.36. The van der Waals surface area contributed by atoms with Crippen molar-refractivity contribution in [2.75, 3.05) is 5.73 Å². The Hall–Kier alpha value is -4.01. The Morgan fingerprint density at radius 3 is 2.71 bits per heavy atom. The maximum absolute atomic E-state index is 12.8. The number of pyridine rings is 1. The first-order valence-electron chi connectivity index (χ1n) is 8.57. The molecule has 140 valence electrons. The van der Waals surface area contributed by atoms with Gasteiger partial charge in [0.15, 0.2) is 5.82 Å². The molecule has 1 atom stereocenters. The van der Waals surface area contributed by atoms with Crippen molar-refractivity contribution in [2.24, 2.45) is 0 Å². The molecule has 0 fully saturated rings. The molecule has 1 amide bonds. The van der Waals surface area contributed by atoms with Gasteiger partial charge in [0.25, 0.3) is 5.91 Å². The molecule has 0 aliphatic carbocycles. The predicted molar refractivity (Wildman–Crippen MR) is 102 cm³/mol. The standard InChI is InChI=1S/C19H17N7O2/c1-11(19-23-17(26-28-19)13-8-5-9-21-10-13)22-18(27)15-14(16(20)25-24-15)12-6-3-2-4-7-12/h2-11H,1H3,(H,22,27)(H3,20,24,25). The number of aromatic amines is 1. The molecule has 9 nitrogen and oxygen atoms in total. The minimum absolute atomic E-state index is 0.251. The van der Waals surface area contributed by atoms with Gasteiger partial charge in [-0.3, -0.25) is 14.9 Å². The number of aromatic nitrogens is 5. The Bertz CT molecular complexity index is 1090. The van der Waals surface area contributed by atoms with Crippen molar-refractivity contribution in [3.63, 3.8) is 0 Å². The van der Waals surface area contributed by atoms with Gasteiger partial charge in [0.2, 0.25) is 11.7 Å². The molecule has 4 N–H and O–H groups in total. The molecule has 3 heterocycles. The third-order valence-corrected chi connectivity index (χ3v) is 4.16. The van der Waals surface area contributed by atoms with Crippen LogP contribution in [0.2, 0.25) is 0 Å². The van der Waals surface area contributed by atoms with Gasteiger partial charge >= 0.3 is 0 Å². The summed E-state index contributed by atoms with van der Waals surface area (Å²) in [6.07, 6.45) is 3.30. The van der Waals surface area contributed by atoms with Gasteiger partial charge < -0.3 is 15.6 Å². The molecule has 0 saturated carbocycles. The van der Waals surface area contributed by atoms with Crippen LogP contribution in [0.3, 0.4) is 0 Å². The highest BCUT2D eigenvalue weighted by Gasteiger charge is 2.23. The van der Waals surface area contributed by atoms with E-state index in [1.54, 1.807) is 25.4 Å². The summed E-state index contributed by atoms with van der Waals surface area (Å²) in [5, 5.41) is 13.4. The van der Waals surface area contributed by atoms with E-state index in [0.29, 0.717) is 11.4 Å². The van der Waals surface area contributed by atoms with Crippen LogP contribution in [0.1, 0.15) is 29.3 Å². The molecule has 0 radical (unpaired) electrons. The summed E-state index contributed by atoms with van der Waals surface area (Å²) in [6, 6.07) is 12.4. The fraction of sp³-hybridized carbons (Fsp3) is 0.105. The van der Waals surface area contributed by atoms with Crippen LogP contribution >= 0.6 is 0 Å². The number of hydrogen-bond donors (Lipinski definition) is 3. The van der Waals surface area contributed by atoms with Gasteiger partial charge in [-0.15, -0.1) is 0 Å². The lowest BCUT2D eigenvalue weighted by atomic mass is 10.1. The van der Waals surface area contributed by atoms with E-state index in [0.717, 1.165) is 11.1 Å². The lowest BCUT2D eigenvalue weighted by Crippen LogP contribution is -2.27. The summed E-state index contributed by atoms with van der Waals surface area (Å²) in [6.45, 7) is 1.75. The fourth-order valence-corrected chi connectivity index (χ4v) is 2.77. The lowest BCUT2D eigenvalue weighted by Gasteiger charge is -2.10. The molecule has 0 spiro atoms. The number of anilines is 1. The number of carbonyl (C=O) groups excluding carboxylic acids is 1. The van der Waals surface area contributed by atoms with Crippen molar-refractivity contribution in [1.29, 1.82) is 0 Å². The summed E-state index contributed by atoms with van der Waals surface area (Å²) >= 11 is 0. The molecule has 9 heteroatoms. The number of nitrogens with one attached hydrogen (secondary N) is 2. The van der Waals surface area contributed by atoms with E-state index in [4.69, 9.17) is 10.3 Å². The van der Waals surface area contributed by atoms with E-state index in [-0.39, 0.29) is 23.3 Å². The molecule has 0 aliphatic rings. The van der Waals surface area contributed by atoms with Crippen LogP contribution in [-0.2, 0) is 0 Å². The minimum Gasteiger partial charge on any atom is -0.382 e. The number of nitrogen functional groups attached to an aromatic ring is 1. The highest BCUT2D eigenvalue weighted by atomic mass is 16.5. The Kier molecular flexibility index (Phi) is 4.55. The van der Waals surface area contributed by atoms with Crippen LogP contribution in [0.5, 0.6) is 0 Å². The van der Waals surface area contributed by atoms with Gasteiger partial charge in [-0.25, -0.2) is 0 Å². The Labute approximate surface area is 160 Å². The minimum atomic E-state index is -0.515. The van der Waals surface area contributed by atoms with E-state index in [2.05, 4.69) is 30.6 Å². The summed E-state index contributed by atoms with van der Waals surface area (Å²) in [4.78, 5) is 21.1. The summed E-state index contributed by atoms with van der Waals surface area (Å²) in [7, 11) is 0. The zero-order valence-corrected chi connectivity index (χ0v) is 15.0. The summed E-state index contributed by atoms with van der Waals surface area (Å²) in [5.41, 5.74) is 8.29. The lowest BCUT2D eigenvalue weighted by molar-refractivity contribution is 0.0928. The van der Waals surface area contributed by atoms with Crippen molar-refractivity contribution in [3.8, 4) is 22.5 Å². The summed E-state index contributed by atoms with van der Waals surface area (Å²) in [5.74, 6) is 0.554. The van der Waals surface area contributed by atoms with E-state index in [9.17, 15) is 4.79 Å². The largest absolute Gasteiger partial charge is 0.382 e. The molecule has 1 aromatic carbocycles. The zero-order chi connectivity index (χ0) is 19.5. The second kappa shape index (κ2) is 7.31. The zero-order valence-electron chi connectivity index (χ0n) is 15.0. The van der Waals surface area contributed by atoms with Crippen LogP contribution in [0.4, 0.5) is 5.82 Å². The second-order valence-corrected chi connectivity index (χ2v) is 6.12. The first kappa shape index (κ1) is 17.4. The van der Waals surface area contributed by atoms with Crippen LogP contribution in [-0.4, -0.2) is 31.2 Å². The van der Waals surface area contributed by atoms with Crippen molar-refractivity contribution >= 4 is 11.7 Å². The number of nitrogens with zero attached hydrogens (tertiary/aromatic N) is 4. The maximum Gasteiger partial charge on any atom is 0.270 e. The van der Waals surface area contributed by atoms with Gasteiger partial charge in [0.1, 0.15) is 11.7 Å². The van der Waals surface area contributed by atoms with E-state index < -0.39 is 6.04 Å². The number of rotatable bonds is 5. The number of carbonyl (C=O) groups is 1. The number of nitrogens with two attached hydrogens (primary N) is 1. The molecule has 0 saturated heterocycles. The smallest absolute Gasteiger partial charge is 0.270 e. The van der Waals surface area contributed by atoms with Gasteiger partial charge in [0.05, 0.1) is 5.56 Å². The third-order valence-electron chi connectivity index (χ3n) is 4.16. The van der Waals surface area contributed by atoms with Crippen LogP contribution in [0.15, 0.2) is 59.4 Å². The highest BCUT2D eigenvalue weighted by molar-refractivity contribution is 6.01. The van der Waals surface area contributed by atoms with E-state index in [1.807, 2.05) is 36.4 Å². The number of hydrogen-bond acceptors (Lipinski definition) is 7. The molecule has 0 aliphatic heterocycles. The number of benzene rings is 1. The van der Waals surface area contributed by atoms with Crippen molar-refractivity contribution in [1.82, 2.24) is 30.6 Å². The fourth-order valence-electron chi connectivity index (χ4n) is 2.77. The predicted octanol–water partition coefficient (Wildman–Crippen LogP) is 2.59. The topological polar surface area (TPSA) is 136 Å². The van der Waals surface area contributed by atoms with Gasteiger partial charge in [0, 0.05) is 18.0 Å². The Balaban J connectivity index is 1.54. The monoisotopic (exact) mass is 375 g/mol. The molecule has 3 aromatic heterocycles. The Morgan fingerprint density at radius 2 is 1.96 bits per heavy atom. The SMILES string of the molecule is CC(NC(=O)c1[nH]nc(N)c1-c1ccccc1)c1nc(-c2cccnc2)no1. The van der Waals surface area contributed by atoms with Gasteiger partial charge in [-0.05, 0) is 24.6 Å². The quantitative estimate of drug-likeness (QED) is 0.488. The average molecular weight is 375 g/mol. The molecule has 4 rings (SSSR count). The van der Waals surface area contributed by atoms with Crippen molar-refractivity contribution in [3.05, 3.63) is 66.4 Å². The Morgan fingerprint density at radius 1 is 1.18 bits per heavy atom. The second-order valence-electron chi connectivity index (χ2n) is 6.12. The van der Waals surface area contributed by atoms with Crippen LogP contribution in [0, 0.1) is 0 Å². The number of H-pyrrole nitrogens is 1. The first-order chi connectivity index (χ1) is 13.6.